The van der Waals surface area contributed by atoms with Gasteiger partial charge in [-0.15, -0.1) is 0 Å². The van der Waals surface area contributed by atoms with Crippen molar-refractivity contribution in [3.05, 3.63) is 0 Å². The van der Waals surface area contributed by atoms with Crippen LogP contribution in [0.5, 0.6) is 0 Å². The minimum absolute atomic E-state index is 0.0208. The predicted molar refractivity (Wildman–Crippen MR) is 99.2 cm³/mol. The van der Waals surface area contributed by atoms with E-state index in [-0.39, 0.29) is 10.6 Å². The molecule has 6 heteroatoms. The highest BCUT2D eigenvalue weighted by Gasteiger charge is 2.36. The van der Waals surface area contributed by atoms with Crippen LogP contribution in [0, 0.1) is 0 Å². The van der Waals surface area contributed by atoms with Gasteiger partial charge in [-0.05, 0) is 37.4 Å². The Balaban J connectivity index is 0.000000515. The largest absolute Gasteiger partial charge is 0.297 e. The molecule has 0 saturated heterocycles. The van der Waals surface area contributed by atoms with Gasteiger partial charge in [-0.3, -0.25) is 8.98 Å². The molecule has 0 heterocycles. The Morgan fingerprint density at radius 3 is 1.83 bits per heavy atom. The molecule has 139 valence electrons. The average Bonchev–Trinajstić information content (AvgIpc) is 2.34. The van der Waals surface area contributed by atoms with Crippen LogP contribution in [0.1, 0.15) is 79.1 Å². The summed E-state index contributed by atoms with van der Waals surface area (Å²) < 4.78 is 27.8. The fourth-order valence-electron chi connectivity index (χ4n) is 2.39. The van der Waals surface area contributed by atoms with Crippen molar-refractivity contribution < 1.29 is 17.4 Å². The zero-order chi connectivity index (χ0) is 18.4. The normalized spacial score (nSPS) is 19.0. The third-order valence-corrected chi connectivity index (χ3v) is 9.15. The molecule has 1 radical (unpaired) electrons. The highest BCUT2D eigenvalue weighted by molar-refractivity contribution is 7.86. The first kappa shape index (κ1) is 23.1. The fraction of sp³-hybridized carbons (Fsp3) is 1.00. The molecule has 23 heavy (non-hydrogen) atoms. The summed E-state index contributed by atoms with van der Waals surface area (Å²) in [6.07, 6.45) is 9.40. The van der Waals surface area contributed by atoms with Crippen LogP contribution < -0.4 is 0 Å². The Morgan fingerprint density at radius 2 is 1.52 bits per heavy atom. The van der Waals surface area contributed by atoms with E-state index < -0.39 is 18.4 Å². The quantitative estimate of drug-likeness (QED) is 0.492. The molecule has 0 unspecified atom stereocenters. The molecule has 1 saturated carbocycles. The molecule has 1 rings (SSSR count). The lowest BCUT2D eigenvalue weighted by Gasteiger charge is -2.35. The molecule has 1 aliphatic rings. The highest BCUT2D eigenvalue weighted by atomic mass is 32.2. The van der Waals surface area contributed by atoms with Gasteiger partial charge in [0.1, 0.15) is 0 Å². The molecule has 0 aromatic heterocycles. The van der Waals surface area contributed by atoms with Crippen molar-refractivity contribution in [2.45, 2.75) is 103 Å². The van der Waals surface area contributed by atoms with Gasteiger partial charge in [-0.2, -0.15) is 8.42 Å². The summed E-state index contributed by atoms with van der Waals surface area (Å²) in [5.41, 5.74) is -0.373. The number of hydrogen-bond donors (Lipinski definition) is 0. The zero-order valence-electron chi connectivity index (χ0n) is 16.2. The number of rotatable bonds is 5. The lowest BCUT2D eigenvalue weighted by Crippen LogP contribution is -2.37. The average molecular weight is 366 g/mol. The van der Waals surface area contributed by atoms with Crippen LogP contribution in [0.3, 0.4) is 0 Å². The maximum Gasteiger partial charge on any atom is 0.264 e. The molecular formula is C17H37O4SSi. The van der Waals surface area contributed by atoms with Crippen molar-refractivity contribution in [2.75, 3.05) is 6.26 Å². The standard InChI is InChI=1S/C11H22O3S.C6H15OSi/c1-3-4-8-11(14-15(2,12)13)9-6-5-7-10-11;1-6(2,3)8(4,5)7/h3-10H2,1-2H3;1-5H3. The molecule has 1 aliphatic carbocycles. The molecule has 0 aromatic carbocycles. The number of hydrogen-bond acceptors (Lipinski definition) is 3. The smallest absolute Gasteiger partial charge is 0.264 e. The molecular weight excluding hydrogens is 328 g/mol. The topological polar surface area (TPSA) is 63.3 Å². The van der Waals surface area contributed by atoms with Gasteiger partial charge < -0.3 is 0 Å². The van der Waals surface area contributed by atoms with E-state index >= 15 is 0 Å². The van der Waals surface area contributed by atoms with E-state index in [9.17, 15) is 13.2 Å². The SMILES string of the molecule is CC(C)(C)[Si](C)(C)[O].CCCCC1(OS(C)(=O)=O)CCCCC1. The maximum atomic E-state index is 11.3. The zero-order valence-corrected chi connectivity index (χ0v) is 18.0. The molecule has 1 fully saturated rings. The summed E-state index contributed by atoms with van der Waals surface area (Å²) in [7, 11) is -5.42. The molecule has 0 aromatic rings. The van der Waals surface area contributed by atoms with Gasteiger partial charge in [-0.1, -0.05) is 59.8 Å². The molecule has 0 N–H and O–H groups in total. The van der Waals surface area contributed by atoms with Gasteiger partial charge in [0.25, 0.3) is 10.1 Å². The minimum Gasteiger partial charge on any atom is -0.297 e. The Morgan fingerprint density at radius 1 is 1.09 bits per heavy atom. The number of unbranched alkanes of at least 4 members (excludes halogenated alkanes) is 1. The van der Waals surface area contributed by atoms with E-state index in [1.807, 2.05) is 33.9 Å². The molecule has 0 bridgehead atoms. The first-order valence-corrected chi connectivity index (χ1v) is 13.6. The van der Waals surface area contributed by atoms with Crippen LogP contribution in [0.15, 0.2) is 0 Å². The maximum absolute atomic E-state index is 11.3. The second-order valence-corrected chi connectivity index (χ2v) is 14.5. The third kappa shape index (κ3) is 9.84. The summed E-state index contributed by atoms with van der Waals surface area (Å²) in [5, 5.41) is 0.0208. The van der Waals surface area contributed by atoms with E-state index in [0.29, 0.717) is 0 Å². The van der Waals surface area contributed by atoms with Crippen molar-refractivity contribution in [1.29, 1.82) is 0 Å². The van der Waals surface area contributed by atoms with Crippen LogP contribution in [0.2, 0.25) is 18.1 Å². The summed E-state index contributed by atoms with van der Waals surface area (Å²) in [4.78, 5) is 11.3. The predicted octanol–water partition coefficient (Wildman–Crippen LogP) is 5.28. The van der Waals surface area contributed by atoms with Crippen molar-refractivity contribution in [3.63, 3.8) is 0 Å². The first-order chi connectivity index (χ1) is 10.2. The Labute approximate surface area is 145 Å². The van der Waals surface area contributed by atoms with Crippen molar-refractivity contribution in [1.82, 2.24) is 0 Å². The van der Waals surface area contributed by atoms with Crippen LogP contribution in [-0.2, 0) is 19.1 Å². The summed E-state index contributed by atoms with van der Waals surface area (Å²) in [5.74, 6) is 0. The van der Waals surface area contributed by atoms with Gasteiger partial charge in [0, 0.05) is 0 Å². The Bertz CT molecular complexity index is 414. The van der Waals surface area contributed by atoms with Crippen molar-refractivity contribution in [3.8, 4) is 0 Å². The fourth-order valence-corrected chi connectivity index (χ4v) is 3.28. The van der Waals surface area contributed by atoms with Crippen molar-refractivity contribution >= 4 is 18.4 Å². The second-order valence-electron chi connectivity index (χ2n) is 8.39. The van der Waals surface area contributed by atoms with Crippen LogP contribution in [0.25, 0.3) is 0 Å². The van der Waals surface area contributed by atoms with E-state index in [4.69, 9.17) is 4.18 Å². The van der Waals surface area contributed by atoms with E-state index in [2.05, 4.69) is 6.92 Å². The van der Waals surface area contributed by atoms with E-state index in [0.717, 1.165) is 51.2 Å². The summed E-state index contributed by atoms with van der Waals surface area (Å²) in [6.45, 7) is 11.9. The van der Waals surface area contributed by atoms with Crippen LogP contribution in [0.4, 0.5) is 0 Å². The molecule has 0 amide bonds. The van der Waals surface area contributed by atoms with Crippen LogP contribution >= 0.6 is 0 Å². The summed E-state index contributed by atoms with van der Waals surface area (Å²) in [6, 6.07) is 0. The molecule has 0 aliphatic heterocycles. The lowest BCUT2D eigenvalue weighted by atomic mass is 9.81. The van der Waals surface area contributed by atoms with E-state index in [1.54, 1.807) is 0 Å². The second kappa shape index (κ2) is 8.97. The monoisotopic (exact) mass is 365 g/mol. The summed E-state index contributed by atoms with van der Waals surface area (Å²) >= 11 is 0. The van der Waals surface area contributed by atoms with Crippen molar-refractivity contribution in [2.24, 2.45) is 0 Å². The molecule has 0 atom stereocenters. The molecule has 4 nitrogen and oxygen atoms in total. The Hall–Kier alpha value is 0.0869. The van der Waals surface area contributed by atoms with Gasteiger partial charge in [0.2, 0.25) is 8.32 Å². The van der Waals surface area contributed by atoms with Gasteiger partial charge >= 0.3 is 0 Å². The van der Waals surface area contributed by atoms with Crippen LogP contribution in [-0.4, -0.2) is 28.6 Å². The lowest BCUT2D eigenvalue weighted by molar-refractivity contribution is 0.0275. The van der Waals surface area contributed by atoms with Gasteiger partial charge in [0.15, 0.2) is 0 Å². The highest BCUT2D eigenvalue weighted by Crippen LogP contribution is 2.37. The van der Waals surface area contributed by atoms with E-state index in [1.165, 1.54) is 6.42 Å². The molecule has 0 spiro atoms. The minimum atomic E-state index is -3.31. The van der Waals surface area contributed by atoms with Gasteiger partial charge in [0.05, 0.1) is 11.9 Å². The Kier molecular flexibility index (Phi) is 9.01. The first-order valence-electron chi connectivity index (χ1n) is 8.83. The van der Waals surface area contributed by atoms with Gasteiger partial charge in [-0.25, -0.2) is 0 Å². The third-order valence-electron chi connectivity index (χ3n) is 4.89.